The lowest BCUT2D eigenvalue weighted by Crippen LogP contribution is -2.53. The molecule has 6 nitrogen and oxygen atoms in total. The van der Waals surface area contributed by atoms with Crippen LogP contribution in [0.15, 0.2) is 12.1 Å². The van der Waals surface area contributed by atoms with Crippen molar-refractivity contribution in [3.8, 4) is 0 Å². The van der Waals surface area contributed by atoms with E-state index >= 15 is 0 Å². The fraction of sp³-hybridized carbons (Fsp3) is 0.731. The minimum atomic E-state index is -4.35. The Bertz CT molecular complexity index is 851. The molecule has 0 saturated carbocycles. The van der Waals surface area contributed by atoms with Crippen molar-refractivity contribution in [1.29, 1.82) is 0 Å². The van der Waals surface area contributed by atoms with Gasteiger partial charge in [-0.2, -0.15) is 12.7 Å². The van der Waals surface area contributed by atoms with Gasteiger partial charge in [0.1, 0.15) is 0 Å². The highest BCUT2D eigenvalue weighted by molar-refractivity contribution is 7.91. The molecule has 1 rings (SSSR count). The number of carbonyl (C=O) groups excluding carboxylic acids is 1. The fourth-order valence-electron chi connectivity index (χ4n) is 3.98. The molecule has 0 fully saturated rings. The van der Waals surface area contributed by atoms with Crippen molar-refractivity contribution < 1.29 is 18.3 Å². The molecule has 7 heteroatoms. The number of carboxylic acid groups (broad SMARTS) is 1. The second-order valence-corrected chi connectivity index (χ2v) is 12.8. The molecular weight excluding hydrogens is 436 g/mol. The molecule has 0 aromatic heterocycles. The maximum Gasteiger partial charge on any atom is 0.309 e. The highest BCUT2D eigenvalue weighted by Crippen LogP contribution is 2.42. The molecule has 190 valence electrons. The third-order valence-electron chi connectivity index (χ3n) is 5.82. The third kappa shape index (κ3) is 7.71. The standard InChI is InChI=1S/C26H46N2O4S/c1-10-12-14-16-27(17-15-13-11-2)33(31,32)28(24(29)30)23-21(25(4,5)6)18-20(3)19-22(23)26(7,8)9/h18-19H,10-17H2,1-9H3,(H,29,30)/p-1. The molecule has 0 unspecified atom stereocenters. The summed E-state index contributed by atoms with van der Waals surface area (Å²) in [6, 6.07) is 3.79. The van der Waals surface area contributed by atoms with E-state index in [2.05, 4.69) is 13.8 Å². The summed E-state index contributed by atoms with van der Waals surface area (Å²) in [6.07, 6.45) is 3.34. The summed E-state index contributed by atoms with van der Waals surface area (Å²) >= 11 is 0. The summed E-state index contributed by atoms with van der Waals surface area (Å²) in [5, 5.41) is 12.6. The average molecular weight is 482 g/mol. The Hall–Kier alpha value is -1.60. The Morgan fingerprint density at radius 3 is 1.55 bits per heavy atom. The van der Waals surface area contributed by atoms with E-state index in [0.717, 1.165) is 31.2 Å². The minimum Gasteiger partial charge on any atom is -0.529 e. The summed E-state index contributed by atoms with van der Waals surface area (Å²) in [6.45, 7) is 18.5. The van der Waals surface area contributed by atoms with Crippen LogP contribution in [0, 0.1) is 6.92 Å². The molecule has 0 heterocycles. The summed E-state index contributed by atoms with van der Waals surface area (Å²) in [5.41, 5.74) is 1.60. The van der Waals surface area contributed by atoms with Crippen molar-refractivity contribution in [2.24, 2.45) is 0 Å². The van der Waals surface area contributed by atoms with Gasteiger partial charge in [0.15, 0.2) is 6.09 Å². The molecule has 0 N–H and O–H groups in total. The van der Waals surface area contributed by atoms with Gasteiger partial charge in [-0.05, 0) is 41.7 Å². The van der Waals surface area contributed by atoms with Gasteiger partial charge in [-0.15, -0.1) is 0 Å². The zero-order valence-corrected chi connectivity index (χ0v) is 23.1. The van der Waals surface area contributed by atoms with Gasteiger partial charge in [-0.25, -0.2) is 4.31 Å². The third-order valence-corrected chi connectivity index (χ3v) is 7.63. The Morgan fingerprint density at radius 1 is 0.848 bits per heavy atom. The number of aryl methyl sites for hydroxylation is 1. The summed E-state index contributed by atoms with van der Waals surface area (Å²) < 4.78 is 29.8. The molecule has 1 amide bonds. The van der Waals surface area contributed by atoms with E-state index in [-0.39, 0.29) is 5.69 Å². The number of anilines is 1. The highest BCUT2D eigenvalue weighted by atomic mass is 32.2. The largest absolute Gasteiger partial charge is 0.529 e. The quantitative estimate of drug-likeness (QED) is 0.382. The SMILES string of the molecule is CCCCCN(CCCCC)S(=O)(=O)N(C(=O)[O-])c1c(C(C)(C)C)cc(C)cc1C(C)(C)C. The van der Waals surface area contributed by atoms with E-state index in [1.807, 2.05) is 60.6 Å². The Kier molecular flexibility index (Phi) is 10.4. The van der Waals surface area contributed by atoms with Gasteiger partial charge < -0.3 is 9.90 Å². The van der Waals surface area contributed by atoms with Crippen molar-refractivity contribution in [3.63, 3.8) is 0 Å². The molecule has 0 aliphatic heterocycles. The van der Waals surface area contributed by atoms with Crippen LogP contribution in [0.3, 0.4) is 0 Å². The number of unbranched alkanes of at least 4 members (excludes halogenated alkanes) is 4. The van der Waals surface area contributed by atoms with Crippen molar-refractivity contribution in [1.82, 2.24) is 4.31 Å². The monoisotopic (exact) mass is 481 g/mol. The summed E-state index contributed by atoms with van der Waals surface area (Å²) in [5.74, 6) is 0. The lowest BCUT2D eigenvalue weighted by molar-refractivity contribution is -0.244. The number of rotatable bonds is 11. The van der Waals surface area contributed by atoms with Crippen LogP contribution in [0.5, 0.6) is 0 Å². The smallest absolute Gasteiger partial charge is 0.309 e. The molecule has 0 aliphatic rings. The van der Waals surface area contributed by atoms with Crippen molar-refractivity contribution in [2.75, 3.05) is 17.4 Å². The molecule has 0 radical (unpaired) electrons. The zero-order chi connectivity index (χ0) is 25.6. The predicted molar refractivity (Wildman–Crippen MR) is 136 cm³/mol. The first-order valence-electron chi connectivity index (χ1n) is 12.3. The number of benzene rings is 1. The maximum absolute atomic E-state index is 13.9. The first-order valence-corrected chi connectivity index (χ1v) is 13.7. The van der Waals surface area contributed by atoms with Gasteiger partial charge in [-0.1, -0.05) is 98.8 Å². The van der Waals surface area contributed by atoms with Crippen molar-refractivity contribution in [2.45, 2.75) is 112 Å². The number of hydrogen-bond donors (Lipinski definition) is 0. The molecule has 1 aromatic carbocycles. The Morgan fingerprint density at radius 2 is 1.24 bits per heavy atom. The second-order valence-electron chi connectivity index (χ2n) is 11.1. The van der Waals surface area contributed by atoms with Crippen LogP contribution >= 0.6 is 0 Å². The maximum atomic E-state index is 13.9. The molecule has 0 aliphatic carbocycles. The average Bonchev–Trinajstić information content (AvgIpc) is 2.65. The van der Waals surface area contributed by atoms with E-state index in [4.69, 9.17) is 0 Å². The van der Waals surface area contributed by atoms with Crippen LogP contribution in [0.4, 0.5) is 10.5 Å². The lowest BCUT2D eigenvalue weighted by atomic mass is 9.77. The molecule has 0 spiro atoms. The van der Waals surface area contributed by atoms with E-state index in [0.29, 0.717) is 41.4 Å². The summed E-state index contributed by atoms with van der Waals surface area (Å²) in [7, 11) is -4.35. The molecule has 0 atom stereocenters. The van der Waals surface area contributed by atoms with Gasteiger partial charge in [0.05, 0.1) is 5.69 Å². The second kappa shape index (κ2) is 11.7. The van der Waals surface area contributed by atoms with Crippen LogP contribution in [-0.4, -0.2) is 31.9 Å². The van der Waals surface area contributed by atoms with Gasteiger partial charge in [0, 0.05) is 13.1 Å². The number of hydrogen-bond acceptors (Lipinski definition) is 4. The first-order chi connectivity index (χ1) is 15.1. The summed E-state index contributed by atoms with van der Waals surface area (Å²) in [4.78, 5) is 12.6. The van der Waals surface area contributed by atoms with E-state index in [1.54, 1.807) is 0 Å². The molecule has 1 aromatic rings. The molecule has 33 heavy (non-hydrogen) atoms. The van der Waals surface area contributed by atoms with Crippen LogP contribution in [0.2, 0.25) is 0 Å². The molecule has 0 bridgehead atoms. The van der Waals surface area contributed by atoms with E-state index in [9.17, 15) is 18.3 Å². The van der Waals surface area contributed by atoms with Gasteiger partial charge in [0.25, 0.3) is 0 Å². The fourth-order valence-corrected chi connectivity index (χ4v) is 5.54. The van der Waals surface area contributed by atoms with Crippen LogP contribution in [-0.2, 0) is 21.0 Å². The lowest BCUT2D eigenvalue weighted by Gasteiger charge is -2.38. The first kappa shape index (κ1) is 29.4. The Balaban J connectivity index is 3.83. The van der Waals surface area contributed by atoms with Crippen LogP contribution < -0.4 is 9.41 Å². The predicted octanol–water partition coefficient (Wildman–Crippen LogP) is 5.67. The topological polar surface area (TPSA) is 80.8 Å². The van der Waals surface area contributed by atoms with Crippen molar-refractivity contribution in [3.05, 3.63) is 28.8 Å². The van der Waals surface area contributed by atoms with E-state index in [1.165, 1.54) is 4.31 Å². The van der Waals surface area contributed by atoms with Crippen LogP contribution in [0.25, 0.3) is 0 Å². The zero-order valence-electron chi connectivity index (χ0n) is 22.2. The van der Waals surface area contributed by atoms with Crippen molar-refractivity contribution >= 4 is 22.0 Å². The molecular formula is C26H45N2O4S-. The number of nitrogens with zero attached hydrogens (tertiary/aromatic N) is 2. The molecule has 0 saturated heterocycles. The number of amides is 1. The van der Waals surface area contributed by atoms with Gasteiger partial charge >= 0.3 is 10.2 Å². The van der Waals surface area contributed by atoms with Crippen LogP contribution in [0.1, 0.15) is 111 Å². The Labute approximate surface area is 202 Å². The number of carbonyl (C=O) groups is 1. The highest BCUT2D eigenvalue weighted by Gasteiger charge is 2.37. The normalized spacial score (nSPS) is 12.9. The minimum absolute atomic E-state index is 0.219. The van der Waals surface area contributed by atoms with Gasteiger partial charge in [0.2, 0.25) is 0 Å². The van der Waals surface area contributed by atoms with Gasteiger partial charge in [-0.3, -0.25) is 0 Å². The van der Waals surface area contributed by atoms with E-state index < -0.39 is 27.1 Å².